The zero-order valence-corrected chi connectivity index (χ0v) is 13.2. The second-order valence-corrected chi connectivity index (χ2v) is 5.49. The highest BCUT2D eigenvalue weighted by Crippen LogP contribution is 2.40. The molecule has 0 aromatic heterocycles. The Morgan fingerprint density at radius 1 is 1.35 bits per heavy atom. The molecule has 2 N–H and O–H groups in total. The lowest BCUT2D eigenvalue weighted by molar-refractivity contribution is -0.384. The fourth-order valence-corrected chi connectivity index (χ4v) is 2.17. The number of nitro benzene ring substituents is 1. The molecular formula is C13H15ClF3N3O3. The van der Waals surface area contributed by atoms with Crippen LogP contribution in [-0.2, 0) is 11.0 Å². The van der Waals surface area contributed by atoms with Crippen LogP contribution in [-0.4, -0.2) is 23.9 Å². The summed E-state index contributed by atoms with van der Waals surface area (Å²) in [5.74, 6) is -0.721. The number of likely N-dealkylation sites (N-methyl/N-ethyl adjacent to an activating group) is 1. The maximum absolute atomic E-state index is 12.8. The Morgan fingerprint density at radius 3 is 2.30 bits per heavy atom. The lowest BCUT2D eigenvalue weighted by Crippen LogP contribution is -2.41. The molecule has 0 aliphatic rings. The second-order valence-electron chi connectivity index (χ2n) is 5.08. The maximum Gasteiger partial charge on any atom is 0.418 e. The van der Waals surface area contributed by atoms with Crippen molar-refractivity contribution >= 4 is 28.9 Å². The standard InChI is InChI=1S/C13H15ClF3N3O3/c1-6(2)11(12(21)18-3)19-9-5-8(14)7(13(15,16)17)4-10(9)20(22)23/h4-6,11,19H,1-3H3,(H,18,21). The van der Waals surface area contributed by atoms with E-state index >= 15 is 0 Å². The first-order valence-electron chi connectivity index (χ1n) is 6.52. The lowest BCUT2D eigenvalue weighted by atomic mass is 10.0. The highest BCUT2D eigenvalue weighted by atomic mass is 35.5. The van der Waals surface area contributed by atoms with Gasteiger partial charge in [-0.3, -0.25) is 14.9 Å². The molecule has 0 spiro atoms. The highest BCUT2D eigenvalue weighted by molar-refractivity contribution is 6.31. The van der Waals surface area contributed by atoms with Crippen LogP contribution in [0.5, 0.6) is 0 Å². The molecule has 0 bridgehead atoms. The quantitative estimate of drug-likeness (QED) is 0.627. The molecule has 1 amide bonds. The van der Waals surface area contributed by atoms with Gasteiger partial charge in [0.2, 0.25) is 5.91 Å². The minimum absolute atomic E-state index is 0.254. The van der Waals surface area contributed by atoms with E-state index in [4.69, 9.17) is 11.6 Å². The van der Waals surface area contributed by atoms with Gasteiger partial charge in [0.15, 0.2) is 0 Å². The van der Waals surface area contributed by atoms with E-state index in [9.17, 15) is 28.1 Å². The van der Waals surface area contributed by atoms with Gasteiger partial charge < -0.3 is 10.6 Å². The summed E-state index contributed by atoms with van der Waals surface area (Å²) in [7, 11) is 1.38. The molecular weight excluding hydrogens is 339 g/mol. The monoisotopic (exact) mass is 353 g/mol. The number of nitrogens with one attached hydrogen (secondary N) is 2. The number of anilines is 1. The summed E-state index contributed by atoms with van der Waals surface area (Å²) < 4.78 is 38.4. The van der Waals surface area contributed by atoms with Gasteiger partial charge in [-0.1, -0.05) is 25.4 Å². The molecule has 1 aromatic rings. The van der Waals surface area contributed by atoms with Gasteiger partial charge in [0, 0.05) is 13.1 Å². The molecule has 1 atom stereocenters. The number of carbonyl (C=O) groups excluding carboxylic acids is 1. The van der Waals surface area contributed by atoms with Gasteiger partial charge >= 0.3 is 6.18 Å². The van der Waals surface area contributed by atoms with Crippen LogP contribution in [0.1, 0.15) is 19.4 Å². The third-order valence-corrected chi connectivity index (χ3v) is 3.41. The summed E-state index contributed by atoms with van der Waals surface area (Å²) in [5, 5.41) is 15.3. The number of benzene rings is 1. The smallest absolute Gasteiger partial charge is 0.368 e. The highest BCUT2D eigenvalue weighted by Gasteiger charge is 2.36. The molecule has 128 valence electrons. The van der Waals surface area contributed by atoms with Crippen molar-refractivity contribution in [2.75, 3.05) is 12.4 Å². The third kappa shape index (κ3) is 4.47. The Kier molecular flexibility index (Phi) is 5.81. The van der Waals surface area contributed by atoms with Crippen LogP contribution in [0, 0.1) is 16.0 Å². The van der Waals surface area contributed by atoms with E-state index in [1.54, 1.807) is 13.8 Å². The number of alkyl halides is 3. The minimum atomic E-state index is -4.82. The molecule has 1 aromatic carbocycles. The molecule has 0 saturated heterocycles. The number of nitro groups is 1. The number of hydrogen-bond acceptors (Lipinski definition) is 4. The van der Waals surface area contributed by atoms with Crippen LogP contribution in [0.25, 0.3) is 0 Å². The fourth-order valence-electron chi connectivity index (χ4n) is 1.90. The van der Waals surface area contributed by atoms with Crippen molar-refractivity contribution in [2.45, 2.75) is 26.1 Å². The van der Waals surface area contributed by atoms with Crippen LogP contribution >= 0.6 is 11.6 Å². The maximum atomic E-state index is 12.8. The first-order valence-corrected chi connectivity index (χ1v) is 6.90. The van der Waals surface area contributed by atoms with Gasteiger partial charge in [-0.2, -0.15) is 13.2 Å². The van der Waals surface area contributed by atoms with Gasteiger partial charge in [-0.05, 0) is 12.0 Å². The Labute approximate surface area is 135 Å². The number of rotatable bonds is 5. The largest absolute Gasteiger partial charge is 0.418 e. The summed E-state index contributed by atoms with van der Waals surface area (Å²) in [6.45, 7) is 3.37. The molecule has 10 heteroatoms. The summed E-state index contributed by atoms with van der Waals surface area (Å²) in [6.07, 6.45) is -4.82. The van der Waals surface area contributed by atoms with E-state index in [0.717, 1.165) is 6.07 Å². The van der Waals surface area contributed by atoms with Crippen molar-refractivity contribution in [1.29, 1.82) is 0 Å². The van der Waals surface area contributed by atoms with Gasteiger partial charge in [-0.15, -0.1) is 0 Å². The average Bonchev–Trinajstić information content (AvgIpc) is 2.41. The van der Waals surface area contributed by atoms with E-state index < -0.39 is 39.3 Å². The Morgan fingerprint density at radius 2 is 1.91 bits per heavy atom. The first-order chi connectivity index (χ1) is 10.5. The van der Waals surface area contributed by atoms with Crippen molar-refractivity contribution in [2.24, 2.45) is 5.92 Å². The molecule has 0 radical (unpaired) electrons. The van der Waals surface area contributed by atoms with E-state index in [2.05, 4.69) is 10.6 Å². The molecule has 6 nitrogen and oxygen atoms in total. The lowest BCUT2D eigenvalue weighted by Gasteiger charge is -2.22. The minimum Gasteiger partial charge on any atom is -0.368 e. The summed E-state index contributed by atoms with van der Waals surface area (Å²) in [5.41, 5.74) is -2.37. The van der Waals surface area contributed by atoms with Gasteiger partial charge in [-0.25, -0.2) is 0 Å². The zero-order chi connectivity index (χ0) is 17.9. The Balaban J connectivity index is 3.38. The topological polar surface area (TPSA) is 84.3 Å². The first kappa shape index (κ1) is 19.0. The predicted octanol–water partition coefficient (Wildman–Crippen LogP) is 3.45. The number of halogens is 4. The number of hydrogen-bond donors (Lipinski definition) is 2. The van der Waals surface area contributed by atoms with Crippen LogP contribution in [0.3, 0.4) is 0 Å². The van der Waals surface area contributed by atoms with Gasteiger partial charge in [0.25, 0.3) is 5.69 Å². The van der Waals surface area contributed by atoms with Crippen molar-refractivity contribution in [3.63, 3.8) is 0 Å². The Bertz CT molecular complexity index is 620. The van der Waals surface area contributed by atoms with E-state index in [1.807, 2.05) is 0 Å². The molecule has 1 unspecified atom stereocenters. The molecule has 0 aliphatic carbocycles. The molecule has 0 saturated carbocycles. The molecule has 0 heterocycles. The number of amides is 1. The van der Waals surface area contributed by atoms with E-state index in [1.165, 1.54) is 7.05 Å². The van der Waals surface area contributed by atoms with Gasteiger partial charge in [0.1, 0.15) is 11.7 Å². The van der Waals surface area contributed by atoms with E-state index in [0.29, 0.717) is 6.07 Å². The SMILES string of the molecule is CNC(=O)C(Nc1cc(Cl)c(C(F)(F)F)cc1[N+](=O)[O-])C(C)C. The number of carbonyl (C=O) groups is 1. The zero-order valence-electron chi connectivity index (χ0n) is 12.5. The number of nitrogens with zero attached hydrogens (tertiary/aromatic N) is 1. The van der Waals surface area contributed by atoms with E-state index in [-0.39, 0.29) is 11.6 Å². The van der Waals surface area contributed by atoms with Crippen LogP contribution in [0.2, 0.25) is 5.02 Å². The van der Waals surface area contributed by atoms with Crippen molar-refractivity contribution in [3.8, 4) is 0 Å². The molecule has 0 fully saturated rings. The fraction of sp³-hybridized carbons (Fsp3) is 0.462. The summed E-state index contributed by atoms with van der Waals surface area (Å²) in [4.78, 5) is 21.9. The van der Waals surface area contributed by atoms with Crippen molar-refractivity contribution < 1.29 is 22.9 Å². The predicted molar refractivity (Wildman–Crippen MR) is 79.4 cm³/mol. The molecule has 0 aliphatic heterocycles. The second kappa shape index (κ2) is 7.03. The van der Waals surface area contributed by atoms with Crippen LogP contribution in [0.4, 0.5) is 24.5 Å². The summed E-state index contributed by atoms with van der Waals surface area (Å²) in [6, 6.07) is 0.290. The third-order valence-electron chi connectivity index (χ3n) is 3.09. The summed E-state index contributed by atoms with van der Waals surface area (Å²) >= 11 is 5.58. The molecule has 23 heavy (non-hydrogen) atoms. The van der Waals surface area contributed by atoms with Gasteiger partial charge in [0.05, 0.1) is 15.5 Å². The average molecular weight is 354 g/mol. The Hall–Kier alpha value is -2.03. The molecule has 1 rings (SSSR count). The normalized spacial score (nSPS) is 12.9. The van der Waals surface area contributed by atoms with Crippen LogP contribution < -0.4 is 10.6 Å². The van der Waals surface area contributed by atoms with Crippen molar-refractivity contribution in [3.05, 3.63) is 32.8 Å². The van der Waals surface area contributed by atoms with Crippen molar-refractivity contribution in [1.82, 2.24) is 5.32 Å². The van der Waals surface area contributed by atoms with Crippen LogP contribution in [0.15, 0.2) is 12.1 Å².